The molecule has 0 N–H and O–H groups in total. The van der Waals surface area contributed by atoms with Crippen LogP contribution in [0, 0.1) is 5.92 Å². The van der Waals surface area contributed by atoms with Crippen LogP contribution in [0.4, 0.5) is 0 Å². The molecule has 0 aliphatic carbocycles. The van der Waals surface area contributed by atoms with Crippen molar-refractivity contribution in [3.63, 3.8) is 0 Å². The molecule has 98 valence electrons. The second-order valence-corrected chi connectivity index (χ2v) is 5.27. The van der Waals surface area contributed by atoms with Gasteiger partial charge in [-0.2, -0.15) is 0 Å². The second kappa shape index (κ2) is 4.38. The van der Waals surface area contributed by atoms with Gasteiger partial charge in [-0.25, -0.2) is 4.68 Å². The van der Waals surface area contributed by atoms with Crippen LogP contribution in [0.25, 0.3) is 11.5 Å². The molecule has 4 rings (SSSR count). The molecular formula is C13H15N5O. The molecule has 0 saturated carbocycles. The average molecular weight is 257 g/mol. The van der Waals surface area contributed by atoms with Crippen LogP contribution in [-0.2, 0) is 11.3 Å². The minimum absolute atomic E-state index is 0.394. The van der Waals surface area contributed by atoms with E-state index in [1.165, 1.54) is 12.8 Å². The van der Waals surface area contributed by atoms with E-state index in [4.69, 9.17) is 4.74 Å². The highest BCUT2D eigenvalue weighted by molar-refractivity contribution is 5.47. The van der Waals surface area contributed by atoms with E-state index >= 15 is 0 Å². The molecule has 3 unspecified atom stereocenters. The number of fused-ring (bicyclic) bond motifs is 2. The summed E-state index contributed by atoms with van der Waals surface area (Å²) in [6.07, 6.45) is 6.14. The van der Waals surface area contributed by atoms with Crippen LogP contribution < -0.4 is 0 Å². The third-order valence-corrected chi connectivity index (χ3v) is 4.07. The average Bonchev–Trinajstić information content (AvgIpc) is 3.16. The van der Waals surface area contributed by atoms with Gasteiger partial charge in [0, 0.05) is 12.1 Å². The monoisotopic (exact) mass is 257 g/mol. The largest absolute Gasteiger partial charge is 0.375 e. The minimum atomic E-state index is 0.394. The first kappa shape index (κ1) is 11.0. The van der Waals surface area contributed by atoms with Gasteiger partial charge >= 0.3 is 0 Å². The summed E-state index contributed by atoms with van der Waals surface area (Å²) in [5.74, 6) is 1.27. The Balaban J connectivity index is 1.58. The molecule has 4 heterocycles. The molecule has 0 amide bonds. The van der Waals surface area contributed by atoms with Crippen molar-refractivity contribution in [2.24, 2.45) is 5.92 Å². The van der Waals surface area contributed by atoms with Gasteiger partial charge < -0.3 is 4.74 Å². The molecular weight excluding hydrogens is 242 g/mol. The number of ether oxygens (including phenoxy) is 1. The number of hydrogen-bond donors (Lipinski definition) is 0. The third-order valence-electron chi connectivity index (χ3n) is 4.07. The van der Waals surface area contributed by atoms with Gasteiger partial charge in [-0.1, -0.05) is 6.07 Å². The summed E-state index contributed by atoms with van der Waals surface area (Å²) in [5.41, 5.74) is 0.816. The minimum Gasteiger partial charge on any atom is -0.375 e. The number of nitrogens with zero attached hydrogens (tertiary/aromatic N) is 5. The summed E-state index contributed by atoms with van der Waals surface area (Å²) in [4.78, 5) is 4.31. The molecule has 2 bridgehead atoms. The Morgan fingerprint density at radius 1 is 1.32 bits per heavy atom. The van der Waals surface area contributed by atoms with Crippen molar-refractivity contribution in [1.82, 2.24) is 25.2 Å². The van der Waals surface area contributed by atoms with Crippen LogP contribution in [0.5, 0.6) is 0 Å². The fourth-order valence-electron chi connectivity index (χ4n) is 3.16. The highest BCUT2D eigenvalue weighted by atomic mass is 16.5. The first-order valence-corrected chi connectivity index (χ1v) is 6.73. The lowest BCUT2D eigenvalue weighted by Crippen LogP contribution is -2.23. The first-order chi connectivity index (χ1) is 9.40. The van der Waals surface area contributed by atoms with Crippen molar-refractivity contribution in [2.75, 3.05) is 0 Å². The van der Waals surface area contributed by atoms with Crippen molar-refractivity contribution in [2.45, 2.75) is 38.0 Å². The van der Waals surface area contributed by atoms with Crippen LogP contribution in [0.2, 0.25) is 0 Å². The Morgan fingerprint density at radius 2 is 2.32 bits per heavy atom. The summed E-state index contributed by atoms with van der Waals surface area (Å²) < 4.78 is 7.74. The van der Waals surface area contributed by atoms with Gasteiger partial charge in [-0.3, -0.25) is 4.98 Å². The summed E-state index contributed by atoms with van der Waals surface area (Å²) in [6.45, 7) is 0.820. The normalized spacial score (nSPS) is 28.9. The highest BCUT2D eigenvalue weighted by Crippen LogP contribution is 2.39. The van der Waals surface area contributed by atoms with Crippen molar-refractivity contribution >= 4 is 0 Å². The van der Waals surface area contributed by atoms with E-state index in [2.05, 4.69) is 20.5 Å². The fourth-order valence-corrected chi connectivity index (χ4v) is 3.16. The number of tetrazole rings is 1. The van der Waals surface area contributed by atoms with Crippen LogP contribution >= 0.6 is 0 Å². The van der Waals surface area contributed by atoms with Gasteiger partial charge in [0.1, 0.15) is 5.69 Å². The third kappa shape index (κ3) is 1.92. The molecule has 0 aromatic carbocycles. The topological polar surface area (TPSA) is 65.7 Å². The molecule has 6 nitrogen and oxygen atoms in total. The van der Waals surface area contributed by atoms with E-state index in [-0.39, 0.29) is 0 Å². The number of aromatic nitrogens is 5. The predicted octanol–water partition coefficient (Wildman–Crippen LogP) is 1.30. The van der Waals surface area contributed by atoms with Crippen molar-refractivity contribution < 1.29 is 4.74 Å². The van der Waals surface area contributed by atoms with E-state index < -0.39 is 0 Å². The van der Waals surface area contributed by atoms with Gasteiger partial charge in [-0.15, -0.1) is 5.10 Å². The van der Waals surface area contributed by atoms with Gasteiger partial charge in [0.15, 0.2) is 0 Å². The van der Waals surface area contributed by atoms with Crippen LogP contribution in [0.15, 0.2) is 24.4 Å². The van der Waals surface area contributed by atoms with Gasteiger partial charge in [0.2, 0.25) is 5.82 Å². The van der Waals surface area contributed by atoms with Gasteiger partial charge in [-0.05, 0) is 41.8 Å². The smallest absolute Gasteiger partial charge is 0.200 e. The van der Waals surface area contributed by atoms with Crippen molar-refractivity contribution in [3.8, 4) is 11.5 Å². The van der Waals surface area contributed by atoms with E-state index in [0.717, 1.165) is 24.5 Å². The summed E-state index contributed by atoms with van der Waals surface area (Å²) in [7, 11) is 0. The fraction of sp³-hybridized carbons (Fsp3) is 0.538. The zero-order valence-electron chi connectivity index (χ0n) is 10.5. The molecule has 2 aromatic heterocycles. The maximum Gasteiger partial charge on any atom is 0.200 e. The summed E-state index contributed by atoms with van der Waals surface area (Å²) >= 11 is 0. The maximum absolute atomic E-state index is 5.88. The lowest BCUT2D eigenvalue weighted by molar-refractivity contribution is 0.0893. The second-order valence-electron chi connectivity index (χ2n) is 5.27. The van der Waals surface area contributed by atoms with E-state index in [1.807, 2.05) is 22.9 Å². The maximum atomic E-state index is 5.88. The zero-order chi connectivity index (χ0) is 12.7. The Hall–Kier alpha value is -1.82. The SMILES string of the molecule is c1ccc(-c2nnnn2CC2CC3CCC2O3)nc1. The molecule has 0 spiro atoms. The summed E-state index contributed by atoms with van der Waals surface area (Å²) in [5, 5.41) is 12.0. The Kier molecular flexibility index (Phi) is 2.55. The molecule has 0 radical (unpaired) electrons. The van der Waals surface area contributed by atoms with Crippen molar-refractivity contribution in [3.05, 3.63) is 24.4 Å². The molecule has 2 saturated heterocycles. The van der Waals surface area contributed by atoms with E-state index in [9.17, 15) is 0 Å². The standard InChI is InChI=1S/C13H15N5O/c1-2-6-14-11(3-1)13-15-16-17-18(13)8-9-7-10-4-5-12(9)19-10/h1-3,6,9-10,12H,4-5,7-8H2. The molecule has 2 aliphatic heterocycles. The first-order valence-electron chi connectivity index (χ1n) is 6.73. The Labute approximate surface area is 110 Å². The zero-order valence-corrected chi connectivity index (χ0v) is 10.5. The quantitative estimate of drug-likeness (QED) is 0.829. The molecule has 6 heteroatoms. The predicted molar refractivity (Wildman–Crippen MR) is 67.1 cm³/mol. The van der Waals surface area contributed by atoms with Crippen molar-refractivity contribution in [1.29, 1.82) is 0 Å². The lowest BCUT2D eigenvalue weighted by Gasteiger charge is -2.18. The van der Waals surface area contributed by atoms with Crippen LogP contribution in [0.3, 0.4) is 0 Å². The molecule has 19 heavy (non-hydrogen) atoms. The number of rotatable bonds is 3. The molecule has 2 aromatic rings. The number of pyridine rings is 1. The van der Waals surface area contributed by atoms with Crippen LogP contribution in [-0.4, -0.2) is 37.4 Å². The van der Waals surface area contributed by atoms with Gasteiger partial charge in [0.25, 0.3) is 0 Å². The van der Waals surface area contributed by atoms with E-state index in [1.54, 1.807) is 6.20 Å². The lowest BCUT2D eigenvalue weighted by atomic mass is 9.89. The highest BCUT2D eigenvalue weighted by Gasteiger charge is 2.41. The van der Waals surface area contributed by atoms with E-state index in [0.29, 0.717) is 18.1 Å². The Bertz CT molecular complexity index is 569. The van der Waals surface area contributed by atoms with Crippen LogP contribution in [0.1, 0.15) is 19.3 Å². The van der Waals surface area contributed by atoms with Gasteiger partial charge in [0.05, 0.1) is 18.8 Å². The Morgan fingerprint density at radius 3 is 3.05 bits per heavy atom. The molecule has 2 aliphatic rings. The molecule has 3 atom stereocenters. The number of hydrogen-bond acceptors (Lipinski definition) is 5. The summed E-state index contributed by atoms with van der Waals surface area (Å²) in [6, 6.07) is 5.77. The molecule has 2 fully saturated rings.